The second-order valence-electron chi connectivity index (χ2n) is 7.86. The molecule has 1 N–H and O–H groups in total. The summed E-state index contributed by atoms with van der Waals surface area (Å²) in [7, 11) is 0. The number of hydrogen-bond donors (Lipinski definition) is 1. The number of carbonyl (C=O) groups excluding carboxylic acids is 1. The van der Waals surface area contributed by atoms with Crippen molar-refractivity contribution in [3.8, 4) is 0 Å². The van der Waals surface area contributed by atoms with Crippen LogP contribution in [0.4, 0.5) is 10.1 Å². The minimum Gasteiger partial charge on any atom is -0.379 e. The molecule has 0 spiro atoms. The molecule has 2 aliphatic heterocycles. The molecule has 4 rings (SSSR count). The molecule has 150 valence electrons. The van der Waals surface area contributed by atoms with Crippen molar-refractivity contribution < 1.29 is 13.9 Å². The zero-order valence-electron chi connectivity index (χ0n) is 16.2. The first-order chi connectivity index (χ1) is 13.6. The molecular formula is C21H27FN4O2. The van der Waals surface area contributed by atoms with E-state index in [4.69, 9.17) is 4.74 Å². The topological polar surface area (TPSA) is 57.7 Å². The number of piperidine rings is 1. The summed E-state index contributed by atoms with van der Waals surface area (Å²) in [5, 5.41) is 4.02. The third-order valence-electron chi connectivity index (χ3n) is 5.53. The number of anilines is 1. The van der Waals surface area contributed by atoms with Crippen molar-refractivity contribution in [2.75, 3.05) is 50.8 Å². The van der Waals surface area contributed by atoms with E-state index < -0.39 is 0 Å². The first-order valence-electron chi connectivity index (χ1n) is 9.98. The number of nitrogens with zero attached hydrogens (tertiary/aromatic N) is 3. The van der Waals surface area contributed by atoms with Gasteiger partial charge in [0.15, 0.2) is 0 Å². The van der Waals surface area contributed by atoms with Crippen LogP contribution >= 0.6 is 0 Å². The smallest absolute Gasteiger partial charge is 0.234 e. The molecule has 1 aromatic carbocycles. The van der Waals surface area contributed by atoms with Crippen molar-refractivity contribution in [2.45, 2.75) is 19.4 Å². The molecular weight excluding hydrogens is 359 g/mol. The standard InChI is InChI=1S/C21H27FN4O2/c1-15-11-16(24-20(27)14-25-7-9-28-10-8-25)13-26(12-15)19-5-4-18(22)21-17(19)3-2-6-23-21/h2-6,15-16H,7-14H2,1H3,(H,24,27)/t15-,16+/m0/s1. The Morgan fingerprint density at radius 1 is 1.29 bits per heavy atom. The van der Waals surface area contributed by atoms with Gasteiger partial charge in [-0.3, -0.25) is 14.7 Å². The molecule has 0 unspecified atom stereocenters. The number of fused-ring (bicyclic) bond motifs is 1. The molecule has 0 bridgehead atoms. The summed E-state index contributed by atoms with van der Waals surface area (Å²) in [5.41, 5.74) is 1.37. The number of aromatic nitrogens is 1. The number of hydrogen-bond acceptors (Lipinski definition) is 5. The van der Waals surface area contributed by atoms with Gasteiger partial charge in [-0.2, -0.15) is 0 Å². The first kappa shape index (κ1) is 19.1. The highest BCUT2D eigenvalue weighted by Gasteiger charge is 2.28. The molecule has 2 aromatic rings. The van der Waals surface area contributed by atoms with Gasteiger partial charge in [-0.1, -0.05) is 6.92 Å². The lowest BCUT2D eigenvalue weighted by Gasteiger charge is -2.39. The van der Waals surface area contributed by atoms with Gasteiger partial charge in [-0.15, -0.1) is 0 Å². The Labute approximate surface area is 164 Å². The number of ether oxygens (including phenoxy) is 1. The molecule has 2 saturated heterocycles. The second kappa shape index (κ2) is 8.41. The van der Waals surface area contributed by atoms with Crippen LogP contribution in [0.15, 0.2) is 30.5 Å². The second-order valence-corrected chi connectivity index (χ2v) is 7.86. The lowest BCUT2D eigenvalue weighted by molar-refractivity contribution is -0.124. The van der Waals surface area contributed by atoms with Crippen LogP contribution in [-0.4, -0.2) is 67.8 Å². The van der Waals surface area contributed by atoms with Gasteiger partial charge >= 0.3 is 0 Å². The van der Waals surface area contributed by atoms with E-state index in [1.807, 2.05) is 18.2 Å². The van der Waals surface area contributed by atoms with Crippen LogP contribution in [-0.2, 0) is 9.53 Å². The summed E-state index contributed by atoms with van der Waals surface area (Å²) in [4.78, 5) is 21.1. The first-order valence-corrected chi connectivity index (χ1v) is 9.98. The predicted molar refractivity (Wildman–Crippen MR) is 107 cm³/mol. The van der Waals surface area contributed by atoms with Crippen molar-refractivity contribution in [3.63, 3.8) is 0 Å². The molecule has 6 nitrogen and oxygen atoms in total. The molecule has 0 radical (unpaired) electrons. The highest BCUT2D eigenvalue weighted by Crippen LogP contribution is 2.30. The molecule has 3 heterocycles. The number of rotatable bonds is 4. The number of benzene rings is 1. The Morgan fingerprint density at radius 2 is 2.11 bits per heavy atom. The van der Waals surface area contributed by atoms with Crippen LogP contribution in [0, 0.1) is 11.7 Å². The highest BCUT2D eigenvalue weighted by atomic mass is 19.1. The maximum Gasteiger partial charge on any atom is 0.234 e. The number of halogens is 1. The van der Waals surface area contributed by atoms with Gasteiger partial charge in [0, 0.05) is 49.5 Å². The van der Waals surface area contributed by atoms with Crippen molar-refractivity contribution in [3.05, 3.63) is 36.3 Å². The molecule has 2 fully saturated rings. The lowest BCUT2D eigenvalue weighted by atomic mass is 9.94. The molecule has 1 amide bonds. The minimum absolute atomic E-state index is 0.0616. The summed E-state index contributed by atoms with van der Waals surface area (Å²) in [6.45, 7) is 7.18. The Bertz CT molecular complexity index is 840. The Kier molecular flexibility index (Phi) is 5.73. The van der Waals surface area contributed by atoms with Crippen molar-refractivity contribution in [1.82, 2.24) is 15.2 Å². The largest absolute Gasteiger partial charge is 0.379 e. The summed E-state index contributed by atoms with van der Waals surface area (Å²) in [6, 6.07) is 7.13. The van der Waals surface area contributed by atoms with Gasteiger partial charge in [0.05, 0.1) is 19.8 Å². The van der Waals surface area contributed by atoms with Crippen LogP contribution in [0.5, 0.6) is 0 Å². The van der Waals surface area contributed by atoms with E-state index in [9.17, 15) is 9.18 Å². The van der Waals surface area contributed by atoms with E-state index in [0.29, 0.717) is 31.2 Å². The zero-order valence-corrected chi connectivity index (χ0v) is 16.2. The Morgan fingerprint density at radius 3 is 2.93 bits per heavy atom. The molecule has 1 aromatic heterocycles. The van der Waals surface area contributed by atoms with E-state index in [-0.39, 0.29) is 17.8 Å². The minimum atomic E-state index is -0.306. The quantitative estimate of drug-likeness (QED) is 0.872. The fourth-order valence-electron chi connectivity index (χ4n) is 4.29. The normalized spacial score (nSPS) is 23.7. The molecule has 2 atom stereocenters. The van der Waals surface area contributed by atoms with Gasteiger partial charge in [-0.25, -0.2) is 4.39 Å². The number of nitrogens with one attached hydrogen (secondary N) is 1. The van der Waals surface area contributed by atoms with Gasteiger partial charge < -0.3 is 15.0 Å². The molecule has 7 heteroatoms. The van der Waals surface area contributed by atoms with Gasteiger partial charge in [-0.05, 0) is 36.6 Å². The van der Waals surface area contributed by atoms with Gasteiger partial charge in [0.1, 0.15) is 11.3 Å². The average Bonchev–Trinajstić information content (AvgIpc) is 2.68. The van der Waals surface area contributed by atoms with E-state index in [0.717, 1.165) is 43.7 Å². The van der Waals surface area contributed by atoms with E-state index in [1.54, 1.807) is 6.20 Å². The fraction of sp³-hybridized carbons (Fsp3) is 0.524. The van der Waals surface area contributed by atoms with Crippen LogP contribution in [0.1, 0.15) is 13.3 Å². The summed E-state index contributed by atoms with van der Waals surface area (Å²) < 4.78 is 19.5. The molecule has 28 heavy (non-hydrogen) atoms. The van der Waals surface area contributed by atoms with E-state index in [1.165, 1.54) is 6.07 Å². The third-order valence-corrected chi connectivity index (χ3v) is 5.53. The Hall–Kier alpha value is -2.25. The van der Waals surface area contributed by atoms with Crippen LogP contribution in [0.25, 0.3) is 10.9 Å². The summed E-state index contributed by atoms with van der Waals surface area (Å²) in [5.74, 6) is 0.186. The van der Waals surface area contributed by atoms with Gasteiger partial charge in [0.25, 0.3) is 0 Å². The van der Waals surface area contributed by atoms with Crippen molar-refractivity contribution in [2.24, 2.45) is 5.92 Å². The number of amides is 1. The van der Waals surface area contributed by atoms with Crippen LogP contribution in [0.2, 0.25) is 0 Å². The summed E-state index contributed by atoms with van der Waals surface area (Å²) in [6.07, 6.45) is 2.56. The fourth-order valence-corrected chi connectivity index (χ4v) is 4.29. The number of pyridine rings is 1. The zero-order chi connectivity index (χ0) is 19.5. The molecule has 0 saturated carbocycles. The molecule has 0 aliphatic carbocycles. The lowest BCUT2D eigenvalue weighted by Crippen LogP contribution is -2.53. The summed E-state index contributed by atoms with van der Waals surface area (Å²) >= 11 is 0. The van der Waals surface area contributed by atoms with Crippen LogP contribution < -0.4 is 10.2 Å². The third kappa shape index (κ3) is 4.25. The van der Waals surface area contributed by atoms with Gasteiger partial charge in [0.2, 0.25) is 5.91 Å². The van der Waals surface area contributed by atoms with E-state index in [2.05, 4.69) is 27.0 Å². The SMILES string of the molecule is C[C@H]1C[C@@H](NC(=O)CN2CCOCC2)CN(c2ccc(F)c3ncccc23)C1. The highest BCUT2D eigenvalue weighted by molar-refractivity contribution is 5.92. The molecule has 2 aliphatic rings. The maximum absolute atomic E-state index is 14.1. The number of morpholine rings is 1. The van der Waals surface area contributed by atoms with Crippen LogP contribution in [0.3, 0.4) is 0 Å². The van der Waals surface area contributed by atoms with Crippen molar-refractivity contribution in [1.29, 1.82) is 0 Å². The predicted octanol–water partition coefficient (Wildman–Crippen LogP) is 2.04. The number of carbonyl (C=O) groups is 1. The average molecular weight is 386 g/mol. The Balaban J connectivity index is 1.46. The van der Waals surface area contributed by atoms with E-state index >= 15 is 0 Å². The monoisotopic (exact) mass is 386 g/mol. The van der Waals surface area contributed by atoms with Crippen molar-refractivity contribution >= 4 is 22.5 Å². The maximum atomic E-state index is 14.1.